The van der Waals surface area contributed by atoms with Gasteiger partial charge in [-0.05, 0) is 62.8 Å². The summed E-state index contributed by atoms with van der Waals surface area (Å²) < 4.78 is 247. The van der Waals surface area contributed by atoms with Crippen LogP contribution in [0.25, 0.3) is 0 Å². The molecule has 1 saturated carbocycles. The zero-order chi connectivity index (χ0) is 45.9. The summed E-state index contributed by atoms with van der Waals surface area (Å²) in [5, 5.41) is -1.99. The van der Waals surface area contributed by atoms with Crippen molar-refractivity contribution in [2.75, 3.05) is 51.4 Å². The minimum Gasteiger partial charge on any atom is -0.368 e. The standard InChI is InChI=1S/C22H35ClN4O/c1-17-5-4-6-20(21(17)23)27-15-13-26(14-16-27)12-11-18-7-9-19(10-8-18)24-22(28)25(2)3/h4-6,18-19H,7-16H2,1-3H3,(H,24,28)/i2D3,4D,5D,6D,7D2,8D2,9D2,10D2,11D2,12D2,13D2,14D2,15D2,16D2,18D,19D/hD. The van der Waals surface area contributed by atoms with Crippen molar-refractivity contribution in [2.24, 2.45) is 5.89 Å². The van der Waals surface area contributed by atoms with Crippen LogP contribution < -0.4 is 10.2 Å². The number of hydrogen-bond acceptors (Lipinski definition) is 3. The number of carbonyl (C=O) groups is 1. The van der Waals surface area contributed by atoms with Gasteiger partial charge in [0.1, 0.15) is 0 Å². The van der Waals surface area contributed by atoms with Crippen LogP contribution in [0.2, 0.25) is 6.43 Å². The average molecular weight is 436 g/mol. The molecule has 0 radical (unpaired) electrons. The fraction of sp³-hybridized carbons (Fsp3) is 0.682. The number of nitrogens with zero attached hydrogens (tertiary/aromatic N) is 3. The molecule has 2 aliphatic rings. The van der Waals surface area contributed by atoms with E-state index >= 15 is 0 Å². The van der Waals surface area contributed by atoms with E-state index in [9.17, 15) is 4.79 Å². The van der Waals surface area contributed by atoms with E-state index in [4.69, 9.17) is 51.4 Å². The molecule has 1 aromatic carbocycles. The number of rotatable bonds is 5. The highest BCUT2D eigenvalue weighted by Gasteiger charge is 2.24. The third-order valence-electron chi connectivity index (χ3n) is 3.14. The van der Waals surface area contributed by atoms with Crippen molar-refractivity contribution in [3.63, 3.8) is 0 Å². The quantitative estimate of drug-likeness (QED) is 0.759. The second-order valence-electron chi connectivity index (χ2n) is 5.19. The first-order chi connectivity index (χ1) is 24.6. The maximum Gasteiger partial charge on any atom is 0.317 e. The highest BCUT2D eigenvalue weighted by molar-refractivity contribution is 6.34. The molecule has 0 bridgehead atoms. The molecule has 3 rings (SSSR count). The van der Waals surface area contributed by atoms with E-state index in [0.29, 0.717) is 7.05 Å². The van der Waals surface area contributed by atoms with E-state index in [-0.39, 0.29) is 4.90 Å². The predicted octanol–water partition coefficient (Wildman–Crippen LogP) is 3.99. The number of amides is 2. The molecule has 1 heterocycles. The van der Waals surface area contributed by atoms with Gasteiger partial charge in [-0.1, -0.05) is 23.7 Å². The molecular weight excluding hydrogens is 372 g/mol. The first-order valence-electron chi connectivity index (χ1n) is 22.0. The Labute approximate surface area is 215 Å². The number of carbonyl (C=O) groups excluding carboxylic acids is 1. The van der Waals surface area contributed by atoms with Gasteiger partial charge in [-0.3, -0.25) is 4.90 Å². The Morgan fingerprint density at radius 2 is 2.14 bits per heavy atom. The lowest BCUT2D eigenvalue weighted by Gasteiger charge is -2.37. The summed E-state index contributed by atoms with van der Waals surface area (Å²) in [6.45, 7) is -25.2. The van der Waals surface area contributed by atoms with Gasteiger partial charge in [0.15, 0.2) is 1.41 Å². The Bertz CT molecular complexity index is 1740. The summed E-state index contributed by atoms with van der Waals surface area (Å²) in [7, 11) is 0.453. The zero-order valence-electron chi connectivity index (χ0n) is 43.6. The molecule has 5 nitrogen and oxygen atoms in total. The van der Waals surface area contributed by atoms with Gasteiger partial charge in [-0.15, -0.1) is 0 Å². The summed E-state index contributed by atoms with van der Waals surface area (Å²) >= 11 is 6.24. The Hall–Kier alpha value is -1.46. The number of halogens is 1. The van der Waals surface area contributed by atoms with Crippen molar-refractivity contribution < 1.29 is 44.6 Å². The first kappa shape index (κ1) is 5.23. The van der Waals surface area contributed by atoms with E-state index in [1.165, 1.54) is 0 Å². The van der Waals surface area contributed by atoms with E-state index in [2.05, 4.69) is 0 Å². The molecule has 6 heteroatoms. The summed E-state index contributed by atoms with van der Waals surface area (Å²) in [5.41, 5.74) is -1.66. The smallest absolute Gasteiger partial charge is 0.317 e. The van der Waals surface area contributed by atoms with Crippen molar-refractivity contribution in [1.82, 2.24) is 15.1 Å². The van der Waals surface area contributed by atoms with E-state index < -0.39 is 139 Å². The predicted molar refractivity (Wildman–Crippen MR) is 117 cm³/mol. The number of urea groups is 1. The van der Waals surface area contributed by atoms with Crippen LogP contribution in [0.3, 0.4) is 0 Å². The summed E-state index contributed by atoms with van der Waals surface area (Å²) in [5.74, 6) is -5.12. The van der Waals surface area contributed by atoms with Gasteiger partial charge in [0.2, 0.25) is 0 Å². The Morgan fingerprint density at radius 1 is 1.43 bits per heavy atom. The van der Waals surface area contributed by atoms with Crippen LogP contribution in [0.15, 0.2) is 18.1 Å². The van der Waals surface area contributed by atoms with Crippen LogP contribution in [0.5, 0.6) is 0 Å². The molecule has 1 aliphatic carbocycles. The topological polar surface area (TPSA) is 38.8 Å². The monoisotopic (exact) mass is 435 g/mol. The van der Waals surface area contributed by atoms with Crippen molar-refractivity contribution >= 4 is 23.3 Å². The van der Waals surface area contributed by atoms with Crippen LogP contribution in [0, 0.1) is 12.8 Å². The van der Waals surface area contributed by atoms with Crippen LogP contribution in [0.4, 0.5) is 10.5 Å². The highest BCUT2D eigenvalue weighted by Crippen LogP contribution is 2.30. The molecule has 0 aromatic heterocycles. The lowest BCUT2D eigenvalue weighted by Crippen LogP contribution is -2.47. The maximum absolute atomic E-state index is 13.0. The number of hydrogen-bond donors (Lipinski definition) is 1. The molecule has 2 amide bonds. The molecule has 1 N–H and O–H groups in total. The fourth-order valence-corrected chi connectivity index (χ4v) is 1.93. The molecule has 28 heavy (non-hydrogen) atoms. The van der Waals surface area contributed by atoms with E-state index in [0.717, 1.165) is 6.92 Å². The Morgan fingerprint density at radius 3 is 2.82 bits per heavy atom. The number of anilines is 1. The number of benzene rings is 1. The lowest BCUT2D eigenvalue weighted by atomic mass is 9.84. The average Bonchev–Trinajstić information content (AvgIpc) is 3.03. The summed E-state index contributed by atoms with van der Waals surface area (Å²) in [4.78, 5) is 11.1. The van der Waals surface area contributed by atoms with E-state index in [1.54, 1.807) is 0 Å². The molecule has 2 fully saturated rings. The van der Waals surface area contributed by atoms with Crippen molar-refractivity contribution in [3.05, 3.63) is 28.7 Å². The maximum atomic E-state index is 13.0. The number of piperazine rings is 1. The highest BCUT2D eigenvalue weighted by atomic mass is 35.5. The van der Waals surface area contributed by atoms with Gasteiger partial charge in [0.05, 0.1) is 21.7 Å². The van der Waals surface area contributed by atoms with Gasteiger partial charge < -0.3 is 15.1 Å². The van der Waals surface area contributed by atoms with E-state index in [1.807, 2.05) is 0 Å². The molecule has 0 spiro atoms. The minimum absolute atomic E-state index is 0.329. The summed E-state index contributed by atoms with van der Waals surface area (Å²) in [6.07, 6.45) is -24.7. The largest absolute Gasteiger partial charge is 0.368 e. The van der Waals surface area contributed by atoms with Crippen molar-refractivity contribution in [2.45, 2.75) is 44.8 Å². The van der Waals surface area contributed by atoms with Gasteiger partial charge in [-0.25, -0.2) is 4.79 Å². The lowest BCUT2D eigenvalue weighted by molar-refractivity contribution is 0.194. The van der Waals surface area contributed by atoms with Crippen LogP contribution in [0.1, 0.15) is 75.8 Å². The molecule has 156 valence electrons. The number of nitrogens with one attached hydrogen (secondary N) is 1. The normalized spacial score (nSPS) is 59.8. The molecule has 1 saturated heterocycles. The SMILES string of the molecule is [2H]c1c([2H])c(C)c(Cl)c(N2C([2H])([2H])C([2H])([2H])N(C([2H])([2H])C([2H])([2H])C3([2H])C([2H])([2H])C([2H])([2H])C([2H])(N([2H])C(=O)N(C)C([2H])([2H])[2H])C([2H])([2H])C3([2H])[2H])C([2H])([2H])C2([2H])[2H])c1[2H]. The molecular formula is C22H35ClN4O. The van der Waals surface area contributed by atoms with Crippen molar-refractivity contribution in [1.29, 1.82) is 0 Å². The minimum atomic E-state index is -5.16. The van der Waals surface area contributed by atoms with Gasteiger partial charge in [0, 0.05) is 73.4 Å². The fourth-order valence-electron chi connectivity index (χ4n) is 1.76. The molecule has 1 aliphatic heterocycles. The Kier molecular flexibility index (Phi) is 1.84. The van der Waals surface area contributed by atoms with Gasteiger partial charge in [-0.2, -0.15) is 0 Å². The third kappa shape index (κ3) is 5.54. The van der Waals surface area contributed by atoms with Crippen molar-refractivity contribution in [3.8, 4) is 0 Å². The molecule has 0 atom stereocenters. The van der Waals surface area contributed by atoms with Crippen LogP contribution in [-0.2, 0) is 0 Å². The van der Waals surface area contributed by atoms with Gasteiger partial charge in [0.25, 0.3) is 0 Å². The third-order valence-corrected chi connectivity index (χ3v) is 3.60. The van der Waals surface area contributed by atoms with Crippen LogP contribution >= 0.6 is 11.6 Å². The second-order valence-corrected chi connectivity index (χ2v) is 5.57. The first-order valence-corrected chi connectivity index (χ1v) is 7.95. The summed E-state index contributed by atoms with van der Waals surface area (Å²) in [6, 6.07) is -9.97. The molecule has 0 unspecified atom stereocenters. The van der Waals surface area contributed by atoms with Gasteiger partial charge >= 0.3 is 6.03 Å². The molecule has 1 aromatic rings. The Balaban J connectivity index is 2.47. The van der Waals surface area contributed by atoms with Crippen LogP contribution in [-0.4, -0.2) is 68.4 Å². The second kappa shape index (κ2) is 9.84. The zero-order valence-corrected chi connectivity index (χ0v) is 15.3.